The zero-order valence-electron chi connectivity index (χ0n) is 16.5. The number of carbonyl (C=O) groups excluding carboxylic acids is 1. The van der Waals surface area contributed by atoms with E-state index in [-0.39, 0.29) is 30.1 Å². The molecule has 1 amide bonds. The molecule has 0 fully saturated rings. The van der Waals surface area contributed by atoms with Gasteiger partial charge in [0.2, 0.25) is 5.91 Å². The molecule has 3 rings (SSSR count). The van der Waals surface area contributed by atoms with Crippen molar-refractivity contribution in [3.05, 3.63) is 62.6 Å². The summed E-state index contributed by atoms with van der Waals surface area (Å²) >= 11 is 0. The number of rotatable bonds is 9. The standard InChI is InChI=1S/C20H21N3O7/c1-28-16-8-5-13(10-18(16)29-2)12-21-19(24)4-3-9-22-15-7-6-14(23(26)27)11-17(15)30-20(22)25/h5-8,10-11H,3-4,9,12H2,1-2H3,(H,21,24). The van der Waals surface area contributed by atoms with E-state index in [1.165, 1.54) is 22.8 Å². The first kappa shape index (κ1) is 20.9. The van der Waals surface area contributed by atoms with E-state index in [9.17, 15) is 19.7 Å². The molecule has 0 aliphatic carbocycles. The molecular weight excluding hydrogens is 394 g/mol. The van der Waals surface area contributed by atoms with Gasteiger partial charge in [0.1, 0.15) is 0 Å². The van der Waals surface area contributed by atoms with Crippen LogP contribution < -0.4 is 20.5 Å². The summed E-state index contributed by atoms with van der Waals surface area (Å²) in [6, 6.07) is 9.37. The molecule has 3 aromatic rings. The Bertz CT molecular complexity index is 1130. The minimum Gasteiger partial charge on any atom is -0.493 e. The number of aromatic nitrogens is 1. The lowest BCUT2D eigenvalue weighted by atomic mass is 10.2. The topological polar surface area (TPSA) is 126 Å². The summed E-state index contributed by atoms with van der Waals surface area (Å²) in [7, 11) is 3.09. The number of nitro benzene ring substituents is 1. The van der Waals surface area contributed by atoms with Crippen molar-refractivity contribution in [3.63, 3.8) is 0 Å². The van der Waals surface area contributed by atoms with Crippen LogP contribution >= 0.6 is 0 Å². The number of benzene rings is 2. The Hall–Kier alpha value is -3.82. The summed E-state index contributed by atoms with van der Waals surface area (Å²) in [5, 5.41) is 13.7. The summed E-state index contributed by atoms with van der Waals surface area (Å²) in [4.78, 5) is 34.4. The molecule has 1 heterocycles. The number of nitrogens with zero attached hydrogens (tertiary/aromatic N) is 2. The van der Waals surface area contributed by atoms with Crippen LogP contribution in [0.2, 0.25) is 0 Å². The molecule has 30 heavy (non-hydrogen) atoms. The van der Waals surface area contributed by atoms with E-state index in [1.54, 1.807) is 26.4 Å². The Morgan fingerprint density at radius 1 is 1.17 bits per heavy atom. The van der Waals surface area contributed by atoms with Crippen LogP contribution in [0.15, 0.2) is 45.6 Å². The number of amides is 1. The highest BCUT2D eigenvalue weighted by molar-refractivity contribution is 5.76. The van der Waals surface area contributed by atoms with E-state index in [0.717, 1.165) is 5.56 Å². The average molecular weight is 415 g/mol. The van der Waals surface area contributed by atoms with Gasteiger partial charge in [0, 0.05) is 25.6 Å². The normalized spacial score (nSPS) is 10.7. The highest BCUT2D eigenvalue weighted by Crippen LogP contribution is 2.27. The van der Waals surface area contributed by atoms with Crippen molar-refractivity contribution in [1.29, 1.82) is 0 Å². The van der Waals surface area contributed by atoms with Gasteiger partial charge in [-0.15, -0.1) is 0 Å². The van der Waals surface area contributed by atoms with E-state index in [2.05, 4.69) is 5.32 Å². The lowest BCUT2D eigenvalue weighted by Crippen LogP contribution is -2.23. The van der Waals surface area contributed by atoms with Crippen LogP contribution in [-0.4, -0.2) is 29.6 Å². The number of carbonyl (C=O) groups is 1. The second kappa shape index (κ2) is 9.12. The fraction of sp³-hybridized carbons (Fsp3) is 0.300. The van der Waals surface area contributed by atoms with Crippen molar-refractivity contribution >= 4 is 22.7 Å². The largest absolute Gasteiger partial charge is 0.493 e. The van der Waals surface area contributed by atoms with Crippen molar-refractivity contribution in [2.45, 2.75) is 25.9 Å². The smallest absolute Gasteiger partial charge is 0.419 e. The first-order chi connectivity index (χ1) is 14.4. The highest BCUT2D eigenvalue weighted by Gasteiger charge is 2.14. The quantitative estimate of drug-likeness (QED) is 0.420. The molecule has 0 bridgehead atoms. The van der Waals surface area contributed by atoms with E-state index in [1.807, 2.05) is 6.07 Å². The number of hydrogen-bond acceptors (Lipinski definition) is 7. The number of hydrogen-bond donors (Lipinski definition) is 1. The third-order valence-electron chi connectivity index (χ3n) is 4.59. The maximum Gasteiger partial charge on any atom is 0.419 e. The molecule has 0 spiro atoms. The summed E-state index contributed by atoms with van der Waals surface area (Å²) in [5.74, 6) is 0.406. The summed E-state index contributed by atoms with van der Waals surface area (Å²) in [5.41, 5.74) is 1.31. The van der Waals surface area contributed by atoms with Crippen LogP contribution in [0.3, 0.4) is 0 Å². The summed E-state index contributed by atoms with van der Waals surface area (Å²) < 4.78 is 16.9. The maximum absolute atomic E-state index is 12.1. The number of nitro groups is 1. The summed E-state index contributed by atoms with van der Waals surface area (Å²) in [6.45, 7) is 0.588. The molecule has 1 aromatic heterocycles. The predicted molar refractivity (Wildman–Crippen MR) is 108 cm³/mol. The molecule has 0 saturated carbocycles. The third kappa shape index (κ3) is 4.59. The van der Waals surface area contributed by atoms with Crippen molar-refractivity contribution in [1.82, 2.24) is 9.88 Å². The molecule has 0 saturated heterocycles. The van der Waals surface area contributed by atoms with Crippen LogP contribution in [0.4, 0.5) is 5.69 Å². The number of methoxy groups -OCH3 is 2. The number of nitrogens with one attached hydrogen (secondary N) is 1. The Kier molecular flexibility index (Phi) is 6.35. The van der Waals surface area contributed by atoms with Gasteiger partial charge < -0.3 is 19.2 Å². The first-order valence-electron chi connectivity index (χ1n) is 9.18. The Morgan fingerprint density at radius 3 is 2.63 bits per heavy atom. The van der Waals surface area contributed by atoms with E-state index < -0.39 is 10.7 Å². The van der Waals surface area contributed by atoms with Gasteiger partial charge >= 0.3 is 5.76 Å². The molecular formula is C20H21N3O7. The van der Waals surface area contributed by atoms with Gasteiger partial charge in [0.25, 0.3) is 5.69 Å². The van der Waals surface area contributed by atoms with Gasteiger partial charge in [-0.2, -0.15) is 0 Å². The number of aryl methyl sites for hydroxylation is 1. The van der Waals surface area contributed by atoms with Crippen molar-refractivity contribution in [3.8, 4) is 11.5 Å². The Morgan fingerprint density at radius 2 is 1.93 bits per heavy atom. The van der Waals surface area contributed by atoms with Crippen LogP contribution in [-0.2, 0) is 17.9 Å². The zero-order chi connectivity index (χ0) is 21.7. The van der Waals surface area contributed by atoms with Crippen LogP contribution in [0, 0.1) is 10.1 Å². The minimum atomic E-state index is -0.615. The second-order valence-electron chi connectivity index (χ2n) is 6.50. The Balaban J connectivity index is 1.55. The minimum absolute atomic E-state index is 0.145. The molecule has 2 aromatic carbocycles. The predicted octanol–water partition coefficient (Wildman–Crippen LogP) is 2.62. The SMILES string of the molecule is COc1ccc(CNC(=O)CCCn2c(=O)oc3cc([N+](=O)[O-])ccc32)cc1OC. The molecule has 0 aliphatic heterocycles. The van der Waals surface area contributed by atoms with Gasteiger partial charge in [-0.1, -0.05) is 6.07 Å². The number of ether oxygens (including phenoxy) is 2. The van der Waals surface area contributed by atoms with Crippen LogP contribution in [0.1, 0.15) is 18.4 Å². The number of oxazole rings is 1. The third-order valence-corrected chi connectivity index (χ3v) is 4.59. The first-order valence-corrected chi connectivity index (χ1v) is 9.18. The molecule has 158 valence electrons. The number of fused-ring (bicyclic) bond motifs is 1. The zero-order valence-corrected chi connectivity index (χ0v) is 16.5. The van der Waals surface area contributed by atoms with Gasteiger partial charge in [-0.05, 0) is 30.2 Å². The molecule has 1 N–H and O–H groups in total. The second-order valence-corrected chi connectivity index (χ2v) is 6.50. The van der Waals surface area contributed by atoms with Crippen molar-refractivity contribution < 1.29 is 23.6 Å². The molecule has 10 nitrogen and oxygen atoms in total. The fourth-order valence-electron chi connectivity index (χ4n) is 3.06. The average Bonchev–Trinajstić information content (AvgIpc) is 3.06. The molecule has 0 radical (unpaired) electrons. The van der Waals surface area contributed by atoms with Gasteiger partial charge in [0.05, 0.1) is 30.7 Å². The lowest BCUT2D eigenvalue weighted by molar-refractivity contribution is -0.384. The number of non-ortho nitro benzene ring substituents is 1. The van der Waals surface area contributed by atoms with Gasteiger partial charge in [-0.3, -0.25) is 19.5 Å². The monoisotopic (exact) mass is 415 g/mol. The maximum atomic E-state index is 12.1. The Labute approximate surface area is 171 Å². The molecule has 0 unspecified atom stereocenters. The van der Waals surface area contributed by atoms with Gasteiger partial charge in [-0.25, -0.2) is 4.79 Å². The van der Waals surface area contributed by atoms with Crippen LogP contribution in [0.25, 0.3) is 11.1 Å². The fourth-order valence-corrected chi connectivity index (χ4v) is 3.06. The molecule has 0 atom stereocenters. The van der Waals surface area contributed by atoms with E-state index in [0.29, 0.717) is 30.0 Å². The highest BCUT2D eigenvalue weighted by atomic mass is 16.6. The van der Waals surface area contributed by atoms with Crippen LogP contribution in [0.5, 0.6) is 11.5 Å². The van der Waals surface area contributed by atoms with E-state index >= 15 is 0 Å². The van der Waals surface area contributed by atoms with Crippen molar-refractivity contribution in [2.24, 2.45) is 0 Å². The molecule has 10 heteroatoms. The van der Waals surface area contributed by atoms with E-state index in [4.69, 9.17) is 13.9 Å². The summed E-state index contributed by atoms with van der Waals surface area (Å²) in [6.07, 6.45) is 0.614. The lowest BCUT2D eigenvalue weighted by Gasteiger charge is -2.10. The molecule has 0 aliphatic rings. The van der Waals surface area contributed by atoms with Gasteiger partial charge in [0.15, 0.2) is 17.1 Å². The van der Waals surface area contributed by atoms with Crippen molar-refractivity contribution in [2.75, 3.05) is 14.2 Å².